The summed E-state index contributed by atoms with van der Waals surface area (Å²) in [5.74, 6) is 1.14. The number of hydrogen-bond donors (Lipinski definition) is 0. The second kappa shape index (κ2) is 5.61. The van der Waals surface area contributed by atoms with Gasteiger partial charge in [0.2, 0.25) is 0 Å². The van der Waals surface area contributed by atoms with Gasteiger partial charge in [-0.3, -0.25) is 4.79 Å². The molecule has 2 heteroatoms. The monoisotopic (exact) mass is 332 g/mol. The molecule has 3 fully saturated rings. The SMILES string of the molecule is C=CC1(C)CCC2C(OC(C)=O)(CCC3C(C)(C)CCCC32C)C1. The standard InChI is InChI=1S/C22H36O2/c1-7-20(5)13-9-18-21(6)12-8-11-19(3,4)17(21)10-14-22(18,15-20)24-16(2)23/h7,17-18H,1,8-15H2,2-6H3. The Balaban J connectivity index is 2.02. The Morgan fingerprint density at radius 1 is 1.04 bits per heavy atom. The van der Waals surface area contributed by atoms with Crippen molar-refractivity contribution < 1.29 is 9.53 Å². The predicted octanol–water partition coefficient (Wildman–Crippen LogP) is 5.91. The number of carbonyl (C=O) groups excluding carboxylic acids is 1. The molecule has 0 radical (unpaired) electrons. The van der Waals surface area contributed by atoms with Crippen LogP contribution in [0.2, 0.25) is 0 Å². The molecule has 5 unspecified atom stereocenters. The van der Waals surface area contributed by atoms with Crippen LogP contribution in [0.1, 0.15) is 86.0 Å². The maximum atomic E-state index is 12.0. The summed E-state index contributed by atoms with van der Waals surface area (Å²) in [5.41, 5.74) is 0.539. The average Bonchev–Trinajstić information content (AvgIpc) is 2.44. The van der Waals surface area contributed by atoms with Crippen molar-refractivity contribution in [1.82, 2.24) is 0 Å². The van der Waals surface area contributed by atoms with E-state index in [1.807, 2.05) is 0 Å². The first-order valence-electron chi connectivity index (χ1n) is 9.90. The zero-order valence-corrected chi connectivity index (χ0v) is 16.4. The molecule has 136 valence electrons. The number of rotatable bonds is 2. The third-order valence-electron chi connectivity index (χ3n) is 8.11. The average molecular weight is 333 g/mol. The maximum absolute atomic E-state index is 12.0. The Morgan fingerprint density at radius 2 is 1.71 bits per heavy atom. The van der Waals surface area contributed by atoms with Crippen molar-refractivity contribution in [3.63, 3.8) is 0 Å². The van der Waals surface area contributed by atoms with Gasteiger partial charge in [0.25, 0.3) is 0 Å². The van der Waals surface area contributed by atoms with Crippen LogP contribution in [-0.2, 0) is 9.53 Å². The highest BCUT2D eigenvalue weighted by Crippen LogP contribution is 2.67. The Morgan fingerprint density at radius 3 is 2.33 bits per heavy atom. The lowest BCUT2D eigenvalue weighted by Crippen LogP contribution is -2.62. The molecule has 0 heterocycles. The smallest absolute Gasteiger partial charge is 0.303 e. The van der Waals surface area contributed by atoms with Gasteiger partial charge in [0, 0.05) is 12.8 Å². The van der Waals surface area contributed by atoms with Gasteiger partial charge in [-0.2, -0.15) is 0 Å². The van der Waals surface area contributed by atoms with Crippen LogP contribution in [0.5, 0.6) is 0 Å². The fraction of sp³-hybridized carbons (Fsp3) is 0.864. The van der Waals surface area contributed by atoms with Crippen molar-refractivity contribution in [3.05, 3.63) is 12.7 Å². The quantitative estimate of drug-likeness (QED) is 0.464. The van der Waals surface area contributed by atoms with Crippen LogP contribution in [0.4, 0.5) is 0 Å². The molecule has 3 rings (SSSR count). The number of hydrogen-bond acceptors (Lipinski definition) is 2. The minimum atomic E-state index is -0.272. The first-order chi connectivity index (χ1) is 11.1. The van der Waals surface area contributed by atoms with E-state index in [0.29, 0.717) is 16.7 Å². The minimum Gasteiger partial charge on any atom is -0.459 e. The molecule has 24 heavy (non-hydrogen) atoms. The first kappa shape index (κ1) is 18.0. The van der Waals surface area contributed by atoms with Crippen LogP contribution in [0.25, 0.3) is 0 Å². The van der Waals surface area contributed by atoms with E-state index in [2.05, 4.69) is 40.3 Å². The molecule has 0 aromatic rings. The highest BCUT2D eigenvalue weighted by atomic mass is 16.6. The lowest BCUT2D eigenvalue weighted by atomic mass is 9.42. The zero-order valence-electron chi connectivity index (χ0n) is 16.4. The van der Waals surface area contributed by atoms with Crippen molar-refractivity contribution in [3.8, 4) is 0 Å². The first-order valence-corrected chi connectivity index (χ1v) is 9.90. The molecule has 3 aliphatic rings. The van der Waals surface area contributed by atoms with E-state index >= 15 is 0 Å². The molecular formula is C22H36O2. The molecule has 0 saturated heterocycles. The summed E-state index contributed by atoms with van der Waals surface area (Å²) in [6.45, 7) is 15.4. The van der Waals surface area contributed by atoms with Crippen LogP contribution < -0.4 is 0 Å². The summed E-state index contributed by atoms with van der Waals surface area (Å²) < 4.78 is 6.18. The number of esters is 1. The van der Waals surface area contributed by atoms with E-state index in [1.165, 1.54) is 38.5 Å². The molecule has 3 saturated carbocycles. The summed E-state index contributed by atoms with van der Waals surface area (Å²) in [4.78, 5) is 12.0. The topological polar surface area (TPSA) is 26.3 Å². The van der Waals surface area contributed by atoms with Gasteiger partial charge in [-0.05, 0) is 67.1 Å². The fourth-order valence-corrected chi connectivity index (χ4v) is 7.14. The summed E-state index contributed by atoms with van der Waals surface area (Å²) in [7, 11) is 0. The molecule has 0 aromatic heterocycles. The van der Waals surface area contributed by atoms with Gasteiger partial charge in [-0.1, -0.05) is 40.2 Å². The second-order valence-corrected chi connectivity index (χ2v) is 10.2. The Labute approximate surface area is 148 Å². The fourth-order valence-electron chi connectivity index (χ4n) is 7.14. The molecule has 0 amide bonds. The second-order valence-electron chi connectivity index (χ2n) is 10.2. The molecule has 2 nitrogen and oxygen atoms in total. The van der Waals surface area contributed by atoms with Crippen molar-refractivity contribution in [1.29, 1.82) is 0 Å². The molecule has 0 bridgehead atoms. The van der Waals surface area contributed by atoms with E-state index in [4.69, 9.17) is 4.74 Å². The Kier molecular flexibility index (Phi) is 4.21. The number of ether oxygens (including phenoxy) is 1. The van der Waals surface area contributed by atoms with E-state index in [9.17, 15) is 4.79 Å². The molecule has 0 aromatic carbocycles. The number of allylic oxidation sites excluding steroid dienone is 1. The lowest BCUT2D eigenvalue weighted by molar-refractivity contribution is -0.223. The summed E-state index contributed by atoms with van der Waals surface area (Å²) in [5, 5.41) is 0. The van der Waals surface area contributed by atoms with Gasteiger partial charge >= 0.3 is 5.97 Å². The Hall–Kier alpha value is -0.790. The Bertz CT molecular complexity index is 536. The highest BCUT2D eigenvalue weighted by molar-refractivity contribution is 5.66. The van der Waals surface area contributed by atoms with Crippen LogP contribution in [0, 0.1) is 28.1 Å². The van der Waals surface area contributed by atoms with Gasteiger partial charge in [0.1, 0.15) is 5.60 Å². The lowest BCUT2D eigenvalue weighted by Gasteiger charge is -2.65. The maximum Gasteiger partial charge on any atom is 0.303 e. The van der Waals surface area contributed by atoms with Crippen LogP contribution in [0.3, 0.4) is 0 Å². The van der Waals surface area contributed by atoms with Crippen LogP contribution in [0.15, 0.2) is 12.7 Å². The molecule has 3 aliphatic carbocycles. The highest BCUT2D eigenvalue weighted by Gasteiger charge is 2.63. The van der Waals surface area contributed by atoms with Gasteiger partial charge in [-0.15, -0.1) is 6.58 Å². The predicted molar refractivity (Wildman–Crippen MR) is 98.6 cm³/mol. The van der Waals surface area contributed by atoms with Crippen molar-refractivity contribution in [2.75, 3.05) is 0 Å². The number of fused-ring (bicyclic) bond motifs is 3. The molecule has 0 N–H and O–H groups in total. The van der Waals surface area contributed by atoms with E-state index < -0.39 is 0 Å². The van der Waals surface area contributed by atoms with Crippen molar-refractivity contribution in [2.24, 2.45) is 28.1 Å². The largest absolute Gasteiger partial charge is 0.459 e. The van der Waals surface area contributed by atoms with Gasteiger partial charge in [0.05, 0.1) is 0 Å². The van der Waals surface area contributed by atoms with Crippen LogP contribution in [-0.4, -0.2) is 11.6 Å². The minimum absolute atomic E-state index is 0.0966. The molecule has 5 atom stereocenters. The molecular weight excluding hydrogens is 296 g/mol. The normalized spacial score (nSPS) is 47.2. The van der Waals surface area contributed by atoms with E-state index in [1.54, 1.807) is 6.92 Å². The molecule has 0 spiro atoms. The van der Waals surface area contributed by atoms with Crippen molar-refractivity contribution >= 4 is 5.97 Å². The van der Waals surface area contributed by atoms with E-state index in [0.717, 1.165) is 18.8 Å². The number of carbonyl (C=O) groups is 1. The van der Waals surface area contributed by atoms with Gasteiger partial charge < -0.3 is 4.74 Å². The third kappa shape index (κ3) is 2.65. The van der Waals surface area contributed by atoms with E-state index in [-0.39, 0.29) is 17.0 Å². The zero-order chi connectivity index (χ0) is 17.8. The molecule has 0 aliphatic heterocycles. The summed E-state index contributed by atoms with van der Waals surface area (Å²) in [6, 6.07) is 0. The third-order valence-corrected chi connectivity index (χ3v) is 8.11. The van der Waals surface area contributed by atoms with Gasteiger partial charge in [0.15, 0.2) is 0 Å². The van der Waals surface area contributed by atoms with Gasteiger partial charge in [-0.25, -0.2) is 0 Å². The van der Waals surface area contributed by atoms with Crippen molar-refractivity contribution in [2.45, 2.75) is 91.6 Å². The summed E-state index contributed by atoms with van der Waals surface area (Å²) in [6.07, 6.45) is 11.6. The summed E-state index contributed by atoms with van der Waals surface area (Å²) >= 11 is 0. The van der Waals surface area contributed by atoms with Crippen LogP contribution >= 0.6 is 0 Å².